The zero-order chi connectivity index (χ0) is 10.4. The monoisotopic (exact) mass is 228 g/mol. The van der Waals surface area contributed by atoms with E-state index in [1.54, 1.807) is 11.8 Å². The van der Waals surface area contributed by atoms with Crippen LogP contribution in [0.2, 0.25) is 5.02 Å². The molecule has 0 amide bonds. The molecular weight excluding hydrogens is 216 g/mol. The van der Waals surface area contributed by atoms with Gasteiger partial charge in [0.15, 0.2) is 0 Å². The number of rotatable bonds is 5. The molecule has 0 heterocycles. The molecule has 76 valence electrons. The average molecular weight is 229 g/mol. The molecule has 0 fully saturated rings. The molecule has 0 saturated carbocycles. The highest BCUT2D eigenvalue weighted by Crippen LogP contribution is 2.11. The Morgan fingerprint density at radius 3 is 2.57 bits per heavy atom. The van der Waals surface area contributed by atoms with E-state index in [1.807, 2.05) is 24.3 Å². The molecule has 0 bridgehead atoms. The maximum Gasteiger partial charge on any atom is 0.147 e. The molecule has 3 heteroatoms. The van der Waals surface area contributed by atoms with Crippen molar-refractivity contribution < 1.29 is 4.79 Å². The van der Waals surface area contributed by atoms with Crippen LogP contribution in [0.5, 0.6) is 0 Å². The Morgan fingerprint density at radius 2 is 2.00 bits per heavy atom. The first-order valence-electron chi connectivity index (χ1n) is 4.56. The molecule has 0 aliphatic rings. The Balaban J connectivity index is 2.44. The van der Waals surface area contributed by atoms with Crippen LogP contribution < -0.4 is 0 Å². The quantitative estimate of drug-likeness (QED) is 0.770. The van der Waals surface area contributed by atoms with Crippen molar-refractivity contribution >= 4 is 29.1 Å². The summed E-state index contributed by atoms with van der Waals surface area (Å²) in [4.78, 5) is 11.4. The summed E-state index contributed by atoms with van der Waals surface area (Å²) in [5.74, 6) is 1.88. The predicted molar refractivity (Wildman–Crippen MR) is 63.2 cm³/mol. The Kier molecular flexibility index (Phi) is 5.05. The second-order valence-corrected chi connectivity index (χ2v) is 4.69. The lowest BCUT2D eigenvalue weighted by Gasteiger charge is -2.00. The highest BCUT2D eigenvalue weighted by molar-refractivity contribution is 7.99. The van der Waals surface area contributed by atoms with Crippen LogP contribution in [0.3, 0.4) is 0 Å². The molecule has 14 heavy (non-hydrogen) atoms. The number of carbonyl (C=O) groups excluding carboxylic acids is 1. The van der Waals surface area contributed by atoms with Crippen molar-refractivity contribution in [2.45, 2.75) is 13.3 Å². The van der Waals surface area contributed by atoms with Crippen molar-refractivity contribution in [1.29, 1.82) is 0 Å². The van der Waals surface area contributed by atoms with Gasteiger partial charge in [-0.05, 0) is 23.4 Å². The van der Waals surface area contributed by atoms with E-state index in [9.17, 15) is 4.79 Å². The molecule has 0 aliphatic carbocycles. The Morgan fingerprint density at radius 1 is 1.36 bits per heavy atom. The molecular formula is C11H13ClOS. The Bertz CT molecular complexity index is 295. The zero-order valence-corrected chi connectivity index (χ0v) is 9.70. The molecule has 1 rings (SSSR count). The standard InChI is InChI=1S/C11H13ClOS/c1-2-14-8-11(13)7-9-3-5-10(12)6-4-9/h3-6H,2,7-8H2,1H3. The number of halogens is 1. The molecule has 0 saturated heterocycles. The lowest BCUT2D eigenvalue weighted by atomic mass is 10.1. The van der Waals surface area contributed by atoms with E-state index in [0.717, 1.165) is 11.3 Å². The third-order valence-electron chi connectivity index (χ3n) is 1.78. The van der Waals surface area contributed by atoms with Crippen molar-refractivity contribution in [1.82, 2.24) is 0 Å². The van der Waals surface area contributed by atoms with Gasteiger partial charge in [0.05, 0.1) is 5.75 Å². The van der Waals surface area contributed by atoms with Gasteiger partial charge in [0.1, 0.15) is 5.78 Å². The summed E-state index contributed by atoms with van der Waals surface area (Å²) in [6, 6.07) is 7.43. The fourth-order valence-electron chi connectivity index (χ4n) is 1.10. The zero-order valence-electron chi connectivity index (χ0n) is 8.13. The van der Waals surface area contributed by atoms with Crippen LogP contribution in [0.15, 0.2) is 24.3 Å². The van der Waals surface area contributed by atoms with Gasteiger partial charge < -0.3 is 0 Å². The Labute approximate surface area is 93.8 Å². The van der Waals surface area contributed by atoms with Crippen molar-refractivity contribution in [3.8, 4) is 0 Å². The molecule has 0 atom stereocenters. The maximum absolute atomic E-state index is 11.4. The summed E-state index contributed by atoms with van der Waals surface area (Å²) < 4.78 is 0. The van der Waals surface area contributed by atoms with E-state index < -0.39 is 0 Å². The van der Waals surface area contributed by atoms with Crippen LogP contribution in [0.1, 0.15) is 12.5 Å². The second kappa shape index (κ2) is 6.10. The molecule has 0 N–H and O–H groups in total. The molecule has 0 aromatic heterocycles. The number of Topliss-reactive ketones (excluding diaryl/α,β-unsaturated/α-hetero) is 1. The first kappa shape index (κ1) is 11.6. The van der Waals surface area contributed by atoms with Gasteiger partial charge in [-0.3, -0.25) is 4.79 Å². The van der Waals surface area contributed by atoms with Gasteiger partial charge >= 0.3 is 0 Å². The van der Waals surface area contributed by atoms with Gasteiger partial charge in [0.25, 0.3) is 0 Å². The van der Waals surface area contributed by atoms with Crippen molar-refractivity contribution in [2.24, 2.45) is 0 Å². The van der Waals surface area contributed by atoms with Gasteiger partial charge in [-0.25, -0.2) is 0 Å². The molecule has 1 nitrogen and oxygen atoms in total. The number of benzene rings is 1. The van der Waals surface area contributed by atoms with Crippen molar-refractivity contribution in [3.05, 3.63) is 34.9 Å². The maximum atomic E-state index is 11.4. The highest BCUT2D eigenvalue weighted by atomic mass is 35.5. The van der Waals surface area contributed by atoms with E-state index in [1.165, 1.54) is 0 Å². The SMILES string of the molecule is CCSCC(=O)Cc1ccc(Cl)cc1. The number of hydrogen-bond acceptors (Lipinski definition) is 2. The third kappa shape index (κ3) is 4.16. The molecule has 0 unspecified atom stereocenters. The van der Waals surface area contributed by atoms with E-state index in [4.69, 9.17) is 11.6 Å². The van der Waals surface area contributed by atoms with Gasteiger partial charge in [-0.1, -0.05) is 30.7 Å². The summed E-state index contributed by atoms with van der Waals surface area (Å²) in [6.45, 7) is 2.06. The second-order valence-electron chi connectivity index (χ2n) is 2.98. The lowest BCUT2D eigenvalue weighted by molar-refractivity contribution is -0.116. The number of hydrogen-bond donors (Lipinski definition) is 0. The van der Waals surface area contributed by atoms with Crippen molar-refractivity contribution in [2.75, 3.05) is 11.5 Å². The molecule has 0 aliphatic heterocycles. The van der Waals surface area contributed by atoms with Gasteiger partial charge in [0, 0.05) is 11.4 Å². The molecule has 0 spiro atoms. The third-order valence-corrected chi connectivity index (χ3v) is 2.97. The van der Waals surface area contributed by atoms with Crippen LogP contribution in [-0.2, 0) is 11.2 Å². The normalized spacial score (nSPS) is 10.1. The van der Waals surface area contributed by atoms with E-state index in [2.05, 4.69) is 6.92 Å². The van der Waals surface area contributed by atoms with Gasteiger partial charge in [-0.15, -0.1) is 0 Å². The predicted octanol–water partition coefficient (Wildman–Crippen LogP) is 3.20. The molecule has 1 aromatic carbocycles. The number of carbonyl (C=O) groups is 1. The minimum atomic E-state index is 0.277. The summed E-state index contributed by atoms with van der Waals surface area (Å²) >= 11 is 7.41. The van der Waals surface area contributed by atoms with Crippen LogP contribution in [0, 0.1) is 0 Å². The van der Waals surface area contributed by atoms with E-state index in [0.29, 0.717) is 17.2 Å². The average Bonchev–Trinajstić information content (AvgIpc) is 2.18. The smallest absolute Gasteiger partial charge is 0.147 e. The van der Waals surface area contributed by atoms with Gasteiger partial charge in [0.2, 0.25) is 0 Å². The molecule has 1 aromatic rings. The van der Waals surface area contributed by atoms with E-state index in [-0.39, 0.29) is 5.78 Å². The van der Waals surface area contributed by atoms with Gasteiger partial charge in [-0.2, -0.15) is 11.8 Å². The fourth-order valence-corrected chi connectivity index (χ4v) is 1.76. The Hall–Kier alpha value is -0.470. The minimum absolute atomic E-state index is 0.277. The first-order valence-corrected chi connectivity index (χ1v) is 6.09. The van der Waals surface area contributed by atoms with Crippen LogP contribution in [-0.4, -0.2) is 17.3 Å². The number of ketones is 1. The van der Waals surface area contributed by atoms with Crippen LogP contribution >= 0.6 is 23.4 Å². The summed E-state index contributed by atoms with van der Waals surface area (Å²) in [7, 11) is 0. The summed E-state index contributed by atoms with van der Waals surface area (Å²) in [5.41, 5.74) is 1.04. The first-order chi connectivity index (χ1) is 6.72. The summed E-state index contributed by atoms with van der Waals surface area (Å²) in [5, 5.41) is 0.712. The lowest BCUT2D eigenvalue weighted by Crippen LogP contribution is -2.05. The topological polar surface area (TPSA) is 17.1 Å². The van der Waals surface area contributed by atoms with Crippen LogP contribution in [0.4, 0.5) is 0 Å². The highest BCUT2D eigenvalue weighted by Gasteiger charge is 2.02. The van der Waals surface area contributed by atoms with E-state index >= 15 is 0 Å². The van der Waals surface area contributed by atoms with Crippen LogP contribution in [0.25, 0.3) is 0 Å². The molecule has 0 radical (unpaired) electrons. The minimum Gasteiger partial charge on any atom is -0.298 e. The fraction of sp³-hybridized carbons (Fsp3) is 0.364. The van der Waals surface area contributed by atoms with Crippen molar-refractivity contribution in [3.63, 3.8) is 0 Å². The number of thioether (sulfide) groups is 1. The largest absolute Gasteiger partial charge is 0.298 e. The summed E-state index contributed by atoms with van der Waals surface area (Å²) in [6.07, 6.45) is 0.518.